The van der Waals surface area contributed by atoms with Crippen molar-refractivity contribution in [3.05, 3.63) is 64.1 Å². The molecule has 2 aromatic rings. The number of carbonyl (C=O) groups is 1. The average Bonchev–Trinajstić information content (AvgIpc) is 2.52. The topological polar surface area (TPSA) is 50.4 Å². The highest BCUT2D eigenvalue weighted by molar-refractivity contribution is 7.80. The number of carbonyl (C=O) groups excluding carboxylic acids is 1. The molecule has 0 heterocycles. The maximum Gasteiger partial charge on any atom is 0.250 e. The van der Waals surface area contributed by atoms with E-state index in [0.29, 0.717) is 21.5 Å². The first-order valence-electron chi connectivity index (χ1n) is 6.87. The summed E-state index contributed by atoms with van der Waals surface area (Å²) in [7, 11) is 1.57. The number of benzene rings is 2. The van der Waals surface area contributed by atoms with E-state index >= 15 is 0 Å². The minimum atomic E-state index is -0.369. The number of hydrogen-bond donors (Lipinski definition) is 2. The molecule has 0 aromatic heterocycles. The maximum atomic E-state index is 11.9. The minimum absolute atomic E-state index is 0.142. The van der Waals surface area contributed by atoms with Gasteiger partial charge in [-0.2, -0.15) is 0 Å². The van der Waals surface area contributed by atoms with Crippen molar-refractivity contribution >= 4 is 58.2 Å². The zero-order valence-corrected chi connectivity index (χ0v) is 15.0. The fourth-order valence-electron chi connectivity index (χ4n) is 1.91. The number of para-hydroxylation sites is 1. The second-order valence-corrected chi connectivity index (χ2v) is 5.96. The van der Waals surface area contributed by atoms with Crippen molar-refractivity contribution in [1.82, 2.24) is 5.32 Å². The number of amides is 1. The van der Waals surface area contributed by atoms with Crippen molar-refractivity contribution < 1.29 is 9.53 Å². The largest absolute Gasteiger partial charge is 0.496 e. The van der Waals surface area contributed by atoms with Crippen LogP contribution in [-0.2, 0) is 4.79 Å². The Morgan fingerprint density at radius 3 is 2.50 bits per heavy atom. The Morgan fingerprint density at radius 1 is 1.17 bits per heavy atom. The lowest BCUT2D eigenvalue weighted by molar-refractivity contribution is -0.115. The van der Waals surface area contributed by atoms with Gasteiger partial charge in [0, 0.05) is 27.4 Å². The molecule has 0 unspecified atom stereocenters. The van der Waals surface area contributed by atoms with E-state index in [9.17, 15) is 4.79 Å². The van der Waals surface area contributed by atoms with Gasteiger partial charge in [0.15, 0.2) is 5.11 Å². The lowest BCUT2D eigenvalue weighted by atomic mass is 10.2. The van der Waals surface area contributed by atoms with Gasteiger partial charge in [-0.15, -0.1) is 0 Å². The number of rotatable bonds is 4. The number of nitrogens with one attached hydrogen (secondary N) is 2. The van der Waals surface area contributed by atoms with E-state index in [1.165, 1.54) is 6.08 Å². The van der Waals surface area contributed by atoms with Crippen LogP contribution in [0.3, 0.4) is 0 Å². The molecule has 124 valence electrons. The molecule has 0 spiro atoms. The minimum Gasteiger partial charge on any atom is -0.496 e. The van der Waals surface area contributed by atoms with Crippen LogP contribution >= 0.6 is 35.4 Å². The third-order valence-electron chi connectivity index (χ3n) is 2.91. The van der Waals surface area contributed by atoms with E-state index in [2.05, 4.69) is 10.6 Å². The third kappa shape index (κ3) is 5.53. The standard InChI is InChI=1S/C17H14Cl2N2O2S/c1-23-15-5-3-2-4-11(15)6-7-16(22)21-17(24)20-14-9-12(18)8-13(19)10-14/h2-10H,1H3,(H2,20,21,22,24)/b7-6+. The van der Waals surface area contributed by atoms with Crippen LogP contribution in [0, 0.1) is 0 Å². The van der Waals surface area contributed by atoms with Gasteiger partial charge in [0.25, 0.3) is 0 Å². The monoisotopic (exact) mass is 380 g/mol. The first-order valence-corrected chi connectivity index (χ1v) is 8.03. The van der Waals surface area contributed by atoms with Gasteiger partial charge >= 0.3 is 0 Å². The van der Waals surface area contributed by atoms with Crippen molar-refractivity contribution in [3.63, 3.8) is 0 Å². The Labute approximate surface area is 155 Å². The zero-order valence-electron chi connectivity index (χ0n) is 12.7. The van der Waals surface area contributed by atoms with Crippen molar-refractivity contribution in [2.75, 3.05) is 12.4 Å². The second kappa shape index (κ2) is 8.68. The molecule has 0 fully saturated rings. The fourth-order valence-corrected chi connectivity index (χ4v) is 2.66. The number of anilines is 1. The molecule has 0 radical (unpaired) electrons. The molecule has 4 nitrogen and oxygen atoms in total. The summed E-state index contributed by atoms with van der Waals surface area (Å²) in [6.07, 6.45) is 3.02. The molecule has 2 rings (SSSR count). The first kappa shape index (κ1) is 18.3. The summed E-state index contributed by atoms with van der Waals surface area (Å²) in [4.78, 5) is 11.9. The van der Waals surface area contributed by atoms with Gasteiger partial charge in [-0.05, 0) is 42.6 Å². The van der Waals surface area contributed by atoms with E-state index < -0.39 is 0 Å². The van der Waals surface area contributed by atoms with Crippen LogP contribution in [0.5, 0.6) is 5.75 Å². The predicted octanol–water partition coefficient (Wildman–Crippen LogP) is 4.53. The summed E-state index contributed by atoms with van der Waals surface area (Å²) in [5, 5.41) is 6.47. The highest BCUT2D eigenvalue weighted by Gasteiger charge is 2.04. The van der Waals surface area contributed by atoms with Crippen LogP contribution in [0.25, 0.3) is 6.08 Å². The van der Waals surface area contributed by atoms with Crippen LogP contribution in [0.1, 0.15) is 5.56 Å². The van der Waals surface area contributed by atoms with Crippen LogP contribution in [0.2, 0.25) is 10.0 Å². The van der Waals surface area contributed by atoms with E-state index in [4.69, 9.17) is 40.2 Å². The van der Waals surface area contributed by atoms with E-state index in [1.807, 2.05) is 24.3 Å². The second-order valence-electron chi connectivity index (χ2n) is 4.68. The summed E-state index contributed by atoms with van der Waals surface area (Å²) >= 11 is 16.9. The van der Waals surface area contributed by atoms with Gasteiger partial charge in [-0.3, -0.25) is 10.1 Å². The maximum absolute atomic E-state index is 11.9. The Balaban J connectivity index is 1.96. The predicted molar refractivity (Wildman–Crippen MR) is 103 cm³/mol. The molecule has 0 saturated heterocycles. The van der Waals surface area contributed by atoms with Gasteiger partial charge in [-0.25, -0.2) is 0 Å². The summed E-state index contributed by atoms with van der Waals surface area (Å²) < 4.78 is 5.21. The van der Waals surface area contributed by atoms with Gasteiger partial charge in [-0.1, -0.05) is 41.4 Å². The molecule has 2 aromatic carbocycles. The molecule has 0 aliphatic rings. The van der Waals surface area contributed by atoms with Crippen molar-refractivity contribution in [3.8, 4) is 5.75 Å². The molecular formula is C17H14Cl2N2O2S. The highest BCUT2D eigenvalue weighted by atomic mass is 35.5. The smallest absolute Gasteiger partial charge is 0.250 e. The Kier molecular flexibility index (Phi) is 6.61. The Hall–Kier alpha value is -2.08. The lowest BCUT2D eigenvalue weighted by Gasteiger charge is -2.09. The molecular weight excluding hydrogens is 367 g/mol. The van der Waals surface area contributed by atoms with Gasteiger partial charge < -0.3 is 10.1 Å². The summed E-state index contributed by atoms with van der Waals surface area (Å²) in [6.45, 7) is 0. The van der Waals surface area contributed by atoms with Crippen molar-refractivity contribution in [2.24, 2.45) is 0 Å². The molecule has 24 heavy (non-hydrogen) atoms. The molecule has 0 saturated carbocycles. The van der Waals surface area contributed by atoms with Crippen LogP contribution in [0.15, 0.2) is 48.5 Å². The van der Waals surface area contributed by atoms with E-state index in [1.54, 1.807) is 31.4 Å². The molecule has 0 aliphatic carbocycles. The number of methoxy groups -OCH3 is 1. The number of hydrogen-bond acceptors (Lipinski definition) is 3. The Morgan fingerprint density at radius 2 is 1.83 bits per heavy atom. The normalized spacial score (nSPS) is 10.5. The molecule has 0 bridgehead atoms. The van der Waals surface area contributed by atoms with Crippen molar-refractivity contribution in [2.45, 2.75) is 0 Å². The van der Waals surface area contributed by atoms with Gasteiger partial charge in [0.05, 0.1) is 7.11 Å². The summed E-state index contributed by atoms with van der Waals surface area (Å²) in [5.41, 5.74) is 1.38. The molecule has 7 heteroatoms. The lowest BCUT2D eigenvalue weighted by Crippen LogP contribution is -2.32. The summed E-state index contributed by atoms with van der Waals surface area (Å²) in [5.74, 6) is 0.308. The highest BCUT2D eigenvalue weighted by Crippen LogP contribution is 2.22. The zero-order chi connectivity index (χ0) is 17.5. The quantitative estimate of drug-likeness (QED) is 0.604. The molecule has 2 N–H and O–H groups in total. The van der Waals surface area contributed by atoms with Gasteiger partial charge in [0.1, 0.15) is 5.75 Å². The van der Waals surface area contributed by atoms with E-state index in [0.717, 1.165) is 5.56 Å². The van der Waals surface area contributed by atoms with Crippen molar-refractivity contribution in [1.29, 1.82) is 0 Å². The summed E-state index contributed by atoms with van der Waals surface area (Å²) in [6, 6.07) is 12.3. The van der Waals surface area contributed by atoms with Crippen LogP contribution in [-0.4, -0.2) is 18.1 Å². The van der Waals surface area contributed by atoms with E-state index in [-0.39, 0.29) is 11.0 Å². The SMILES string of the molecule is COc1ccccc1/C=C/C(=O)NC(=S)Nc1cc(Cl)cc(Cl)c1. The third-order valence-corrected chi connectivity index (χ3v) is 3.55. The Bertz CT molecular complexity index is 774. The fraction of sp³-hybridized carbons (Fsp3) is 0.0588. The molecule has 0 aliphatic heterocycles. The average molecular weight is 381 g/mol. The van der Waals surface area contributed by atoms with Crippen LogP contribution in [0.4, 0.5) is 5.69 Å². The number of halogens is 2. The number of thiocarbonyl (C=S) groups is 1. The van der Waals surface area contributed by atoms with Gasteiger partial charge in [0.2, 0.25) is 5.91 Å². The number of ether oxygens (including phenoxy) is 1. The molecule has 1 amide bonds. The first-order chi connectivity index (χ1) is 11.5. The van der Waals surface area contributed by atoms with Crippen LogP contribution < -0.4 is 15.4 Å². The molecule has 0 atom stereocenters.